The van der Waals surface area contributed by atoms with E-state index in [-0.39, 0.29) is 22.7 Å². The van der Waals surface area contributed by atoms with Gasteiger partial charge in [-0.15, -0.1) is 0 Å². The Kier molecular flexibility index (Phi) is 6.49. The molecule has 0 saturated carbocycles. The number of hydrogen-bond acceptors (Lipinski definition) is 3. The third-order valence-corrected chi connectivity index (χ3v) is 4.45. The Hall–Kier alpha value is -1.51. The Morgan fingerprint density at radius 2 is 1.71 bits per heavy atom. The molecule has 0 aliphatic rings. The van der Waals surface area contributed by atoms with Gasteiger partial charge >= 0.3 is 5.97 Å². The average molecular weight is 335 g/mol. The van der Waals surface area contributed by atoms with Crippen molar-refractivity contribution in [3.05, 3.63) is 28.8 Å². The van der Waals surface area contributed by atoms with E-state index >= 15 is 0 Å². The Labute approximate surface area is 147 Å². The van der Waals surface area contributed by atoms with E-state index in [4.69, 9.17) is 4.74 Å². The standard InChI is InChI=1S/C21H34O3/c1-9-18(22)24-11-10-14(2)16-12-15(20(3,4)5)13-17(19(16)23)21(6,7)8/h12-14,23H,9-11H2,1-8H3. The number of rotatable bonds is 5. The summed E-state index contributed by atoms with van der Waals surface area (Å²) in [4.78, 5) is 11.3. The van der Waals surface area contributed by atoms with Crippen molar-refractivity contribution < 1.29 is 14.6 Å². The van der Waals surface area contributed by atoms with Gasteiger partial charge in [0.2, 0.25) is 0 Å². The van der Waals surface area contributed by atoms with Crippen molar-refractivity contribution in [1.29, 1.82) is 0 Å². The van der Waals surface area contributed by atoms with E-state index in [0.29, 0.717) is 25.2 Å². The molecule has 0 amide bonds. The molecule has 0 bridgehead atoms. The fourth-order valence-corrected chi connectivity index (χ4v) is 2.64. The Morgan fingerprint density at radius 1 is 1.12 bits per heavy atom. The maximum absolute atomic E-state index is 11.3. The Morgan fingerprint density at radius 3 is 2.17 bits per heavy atom. The molecule has 1 N–H and O–H groups in total. The van der Waals surface area contributed by atoms with Crippen LogP contribution in [-0.2, 0) is 20.4 Å². The second kappa shape index (κ2) is 7.58. The second-order valence-corrected chi connectivity index (χ2v) is 8.73. The molecule has 1 unspecified atom stereocenters. The van der Waals surface area contributed by atoms with E-state index in [1.54, 1.807) is 6.92 Å². The molecule has 0 aliphatic heterocycles. The monoisotopic (exact) mass is 334 g/mol. The minimum absolute atomic E-state index is 0.0108. The number of carbonyl (C=O) groups is 1. The van der Waals surface area contributed by atoms with Crippen LogP contribution < -0.4 is 0 Å². The maximum Gasteiger partial charge on any atom is 0.305 e. The highest BCUT2D eigenvalue weighted by atomic mass is 16.5. The van der Waals surface area contributed by atoms with Gasteiger partial charge in [-0.3, -0.25) is 4.79 Å². The van der Waals surface area contributed by atoms with E-state index in [2.05, 4.69) is 60.6 Å². The van der Waals surface area contributed by atoms with Gasteiger partial charge < -0.3 is 9.84 Å². The van der Waals surface area contributed by atoms with E-state index in [0.717, 1.165) is 11.1 Å². The van der Waals surface area contributed by atoms with Crippen molar-refractivity contribution >= 4 is 5.97 Å². The molecule has 0 aromatic heterocycles. The summed E-state index contributed by atoms with van der Waals surface area (Å²) < 4.78 is 5.20. The number of carbonyl (C=O) groups excluding carboxylic acids is 1. The van der Waals surface area contributed by atoms with Crippen LogP contribution in [0, 0.1) is 0 Å². The highest BCUT2D eigenvalue weighted by Crippen LogP contribution is 2.41. The number of hydrogen-bond donors (Lipinski definition) is 1. The second-order valence-electron chi connectivity index (χ2n) is 8.73. The molecular formula is C21H34O3. The normalized spacial score (nSPS) is 13.7. The zero-order chi connectivity index (χ0) is 18.7. The minimum atomic E-state index is -0.176. The van der Waals surface area contributed by atoms with E-state index in [1.807, 2.05) is 0 Å². The van der Waals surface area contributed by atoms with E-state index in [1.165, 1.54) is 5.56 Å². The quantitative estimate of drug-likeness (QED) is 0.730. The lowest BCUT2D eigenvalue weighted by Crippen LogP contribution is -2.18. The summed E-state index contributed by atoms with van der Waals surface area (Å²) in [6.07, 6.45) is 1.10. The van der Waals surface area contributed by atoms with Crippen LogP contribution in [0.4, 0.5) is 0 Å². The van der Waals surface area contributed by atoms with Gasteiger partial charge in [-0.05, 0) is 39.9 Å². The fraction of sp³-hybridized carbons (Fsp3) is 0.667. The third kappa shape index (κ3) is 5.25. The van der Waals surface area contributed by atoms with Crippen molar-refractivity contribution in [2.75, 3.05) is 6.61 Å². The van der Waals surface area contributed by atoms with E-state index < -0.39 is 0 Å². The van der Waals surface area contributed by atoms with Crippen LogP contribution in [0.1, 0.15) is 90.8 Å². The molecule has 1 aromatic rings. The van der Waals surface area contributed by atoms with Gasteiger partial charge in [-0.2, -0.15) is 0 Å². The summed E-state index contributed by atoms with van der Waals surface area (Å²) in [7, 11) is 0. The molecule has 3 nitrogen and oxygen atoms in total. The predicted molar refractivity (Wildman–Crippen MR) is 99.8 cm³/mol. The van der Waals surface area contributed by atoms with Gasteiger partial charge in [0.05, 0.1) is 6.61 Å². The number of phenolic OH excluding ortho intramolecular Hbond substituents is 1. The Bertz CT molecular complexity index is 574. The van der Waals surface area contributed by atoms with Crippen LogP contribution in [0.5, 0.6) is 5.75 Å². The molecule has 24 heavy (non-hydrogen) atoms. The highest BCUT2D eigenvalue weighted by molar-refractivity contribution is 5.68. The first kappa shape index (κ1) is 20.5. The van der Waals surface area contributed by atoms with Crippen LogP contribution >= 0.6 is 0 Å². The van der Waals surface area contributed by atoms with Gasteiger partial charge in [0.1, 0.15) is 5.75 Å². The number of benzene rings is 1. The summed E-state index contributed by atoms with van der Waals surface area (Å²) in [5, 5.41) is 10.8. The SMILES string of the molecule is CCC(=O)OCCC(C)c1cc(C(C)(C)C)cc(C(C)(C)C)c1O. The first-order chi connectivity index (χ1) is 10.9. The average Bonchev–Trinajstić information content (AvgIpc) is 2.44. The first-order valence-corrected chi connectivity index (χ1v) is 8.91. The summed E-state index contributed by atoms with van der Waals surface area (Å²) in [6.45, 7) is 17.2. The Balaban J connectivity index is 3.19. The molecule has 0 aliphatic carbocycles. The van der Waals surface area contributed by atoms with Gasteiger partial charge in [0, 0.05) is 6.42 Å². The van der Waals surface area contributed by atoms with Crippen molar-refractivity contribution in [2.45, 2.75) is 85.0 Å². The predicted octanol–water partition coefficient (Wildman–Crippen LogP) is 5.43. The van der Waals surface area contributed by atoms with Gasteiger partial charge in [-0.1, -0.05) is 67.5 Å². The lowest BCUT2D eigenvalue weighted by atomic mass is 9.77. The van der Waals surface area contributed by atoms with E-state index in [9.17, 15) is 9.90 Å². The van der Waals surface area contributed by atoms with Gasteiger partial charge in [0.15, 0.2) is 0 Å². The molecule has 0 saturated heterocycles. The topological polar surface area (TPSA) is 46.5 Å². The van der Waals surface area contributed by atoms with Crippen molar-refractivity contribution in [3.63, 3.8) is 0 Å². The van der Waals surface area contributed by atoms with Crippen LogP contribution in [0.3, 0.4) is 0 Å². The molecule has 1 rings (SSSR count). The lowest BCUT2D eigenvalue weighted by molar-refractivity contribution is -0.143. The molecule has 136 valence electrons. The minimum Gasteiger partial charge on any atom is -0.507 e. The van der Waals surface area contributed by atoms with Crippen LogP contribution in [0.15, 0.2) is 12.1 Å². The molecule has 0 fully saturated rings. The molecule has 0 spiro atoms. The molecule has 0 radical (unpaired) electrons. The number of phenols is 1. The van der Waals surface area contributed by atoms with Crippen LogP contribution in [0.25, 0.3) is 0 Å². The zero-order valence-electron chi connectivity index (χ0n) is 16.6. The third-order valence-electron chi connectivity index (χ3n) is 4.45. The van der Waals surface area contributed by atoms with Crippen LogP contribution in [-0.4, -0.2) is 17.7 Å². The van der Waals surface area contributed by atoms with Gasteiger partial charge in [-0.25, -0.2) is 0 Å². The molecule has 3 heteroatoms. The smallest absolute Gasteiger partial charge is 0.305 e. The molecular weight excluding hydrogens is 300 g/mol. The number of esters is 1. The number of ether oxygens (including phenoxy) is 1. The van der Waals surface area contributed by atoms with Gasteiger partial charge in [0.25, 0.3) is 0 Å². The fourth-order valence-electron chi connectivity index (χ4n) is 2.64. The maximum atomic E-state index is 11.3. The summed E-state index contributed by atoms with van der Waals surface area (Å²) in [5.41, 5.74) is 3.02. The molecule has 1 aromatic carbocycles. The largest absolute Gasteiger partial charge is 0.507 e. The molecule has 0 heterocycles. The summed E-state index contributed by atoms with van der Waals surface area (Å²) in [5.74, 6) is 0.327. The van der Waals surface area contributed by atoms with Crippen molar-refractivity contribution in [3.8, 4) is 5.75 Å². The lowest BCUT2D eigenvalue weighted by Gasteiger charge is -2.29. The highest BCUT2D eigenvalue weighted by Gasteiger charge is 2.26. The molecule has 1 atom stereocenters. The van der Waals surface area contributed by atoms with Crippen molar-refractivity contribution in [2.24, 2.45) is 0 Å². The first-order valence-electron chi connectivity index (χ1n) is 8.91. The van der Waals surface area contributed by atoms with Crippen LogP contribution in [0.2, 0.25) is 0 Å². The summed E-state index contributed by atoms with van der Waals surface area (Å²) in [6, 6.07) is 4.24. The van der Waals surface area contributed by atoms with Crippen molar-refractivity contribution in [1.82, 2.24) is 0 Å². The number of aromatic hydroxyl groups is 1. The summed E-state index contributed by atoms with van der Waals surface area (Å²) >= 11 is 0. The zero-order valence-corrected chi connectivity index (χ0v) is 16.6.